The minimum Gasteiger partial charge on any atom is -0.284 e. The number of benzene rings is 1. The minimum atomic E-state index is -3.93. The largest absolute Gasteiger partial charge is 0.284 e. The van der Waals surface area contributed by atoms with Crippen molar-refractivity contribution in [1.29, 1.82) is 0 Å². The lowest BCUT2D eigenvalue weighted by Gasteiger charge is -2.12. The molecule has 0 bridgehead atoms. The minimum absolute atomic E-state index is 0.100. The average Bonchev–Trinajstić information content (AvgIpc) is 2.80. The smallest absolute Gasteiger partial charge is 0.265 e. The van der Waals surface area contributed by atoms with Gasteiger partial charge in [0.15, 0.2) is 0 Å². The zero-order valence-corrected chi connectivity index (χ0v) is 10.0. The van der Waals surface area contributed by atoms with Crippen molar-refractivity contribution < 1.29 is 17.6 Å². The number of hydrogen-bond acceptors (Lipinski definition) is 3. The van der Waals surface area contributed by atoms with Crippen LogP contribution < -0.4 is 4.89 Å². The summed E-state index contributed by atoms with van der Waals surface area (Å²) in [6.45, 7) is 0. The van der Waals surface area contributed by atoms with E-state index in [9.17, 15) is 12.8 Å². The van der Waals surface area contributed by atoms with Gasteiger partial charge in [0.25, 0.3) is 10.0 Å². The maximum absolute atomic E-state index is 13.3. The van der Waals surface area contributed by atoms with Gasteiger partial charge in [-0.15, -0.1) is 0 Å². The van der Waals surface area contributed by atoms with Gasteiger partial charge in [0, 0.05) is 0 Å². The molecule has 17 heavy (non-hydrogen) atoms. The summed E-state index contributed by atoms with van der Waals surface area (Å²) in [6.07, 6.45) is 3.63. The Kier molecular flexibility index (Phi) is 3.76. The van der Waals surface area contributed by atoms with Crippen molar-refractivity contribution in [3.63, 3.8) is 0 Å². The van der Waals surface area contributed by atoms with Crippen molar-refractivity contribution in [3.05, 3.63) is 30.1 Å². The normalized spacial score (nSPS) is 17.5. The first kappa shape index (κ1) is 12.5. The Labute approximate surface area is 99.8 Å². The number of halogens is 1. The molecule has 0 heterocycles. The first-order chi connectivity index (χ1) is 8.09. The van der Waals surface area contributed by atoms with Crippen molar-refractivity contribution in [2.75, 3.05) is 0 Å². The SMILES string of the molecule is O=S(=O)(NOC1CCCC1)c1ccccc1F. The Balaban J connectivity index is 2.06. The van der Waals surface area contributed by atoms with Crippen molar-refractivity contribution in [2.45, 2.75) is 36.7 Å². The molecule has 0 radical (unpaired) electrons. The van der Waals surface area contributed by atoms with Crippen LogP contribution >= 0.6 is 0 Å². The molecule has 1 aliphatic carbocycles. The third-order valence-electron chi connectivity index (χ3n) is 2.75. The van der Waals surface area contributed by atoms with E-state index < -0.39 is 20.7 Å². The van der Waals surface area contributed by atoms with Crippen LogP contribution in [0.4, 0.5) is 4.39 Å². The first-order valence-corrected chi connectivity index (χ1v) is 7.00. The van der Waals surface area contributed by atoms with E-state index in [4.69, 9.17) is 4.84 Å². The summed E-state index contributed by atoms with van der Waals surface area (Å²) in [5, 5.41) is 0. The predicted octanol–water partition coefficient (Wildman–Crippen LogP) is 1.98. The van der Waals surface area contributed by atoms with Crippen molar-refractivity contribution in [3.8, 4) is 0 Å². The van der Waals surface area contributed by atoms with E-state index in [2.05, 4.69) is 0 Å². The highest BCUT2D eigenvalue weighted by molar-refractivity contribution is 7.89. The van der Waals surface area contributed by atoms with Crippen LogP contribution in [0.3, 0.4) is 0 Å². The molecule has 4 nitrogen and oxygen atoms in total. The Morgan fingerprint density at radius 2 is 1.88 bits per heavy atom. The van der Waals surface area contributed by atoms with E-state index in [-0.39, 0.29) is 6.10 Å². The van der Waals surface area contributed by atoms with Gasteiger partial charge >= 0.3 is 0 Å². The molecule has 6 heteroatoms. The molecule has 1 aromatic rings. The Hall–Kier alpha value is -0.980. The predicted molar refractivity (Wildman–Crippen MR) is 60.1 cm³/mol. The van der Waals surface area contributed by atoms with Crippen LogP contribution in [0.1, 0.15) is 25.7 Å². The van der Waals surface area contributed by atoms with E-state index in [0.29, 0.717) is 0 Å². The zero-order chi connectivity index (χ0) is 12.3. The number of sulfonamides is 1. The zero-order valence-electron chi connectivity index (χ0n) is 9.23. The molecule has 1 aromatic carbocycles. The van der Waals surface area contributed by atoms with Crippen LogP contribution in [0.15, 0.2) is 29.2 Å². The molecule has 1 N–H and O–H groups in total. The molecule has 0 amide bonds. The third-order valence-corrected chi connectivity index (χ3v) is 3.98. The van der Waals surface area contributed by atoms with Gasteiger partial charge in [-0.1, -0.05) is 29.9 Å². The van der Waals surface area contributed by atoms with Crippen LogP contribution in [-0.4, -0.2) is 14.5 Å². The summed E-state index contributed by atoms with van der Waals surface area (Å²) in [5.41, 5.74) is 0. The summed E-state index contributed by atoms with van der Waals surface area (Å²) in [4.78, 5) is 6.67. The van der Waals surface area contributed by atoms with Gasteiger partial charge in [-0.3, -0.25) is 4.84 Å². The topological polar surface area (TPSA) is 55.4 Å². The van der Waals surface area contributed by atoms with Crippen molar-refractivity contribution in [1.82, 2.24) is 4.89 Å². The third kappa shape index (κ3) is 3.02. The fourth-order valence-electron chi connectivity index (χ4n) is 1.85. The maximum Gasteiger partial charge on any atom is 0.265 e. The Morgan fingerprint density at radius 3 is 2.53 bits per heavy atom. The standard InChI is InChI=1S/C11H14FNO3S/c12-10-7-3-4-8-11(10)17(14,15)13-16-9-5-1-2-6-9/h3-4,7-9,13H,1-2,5-6H2. The van der Waals surface area contributed by atoms with E-state index >= 15 is 0 Å². The van der Waals surface area contributed by atoms with Gasteiger partial charge in [-0.05, 0) is 25.0 Å². The van der Waals surface area contributed by atoms with E-state index in [0.717, 1.165) is 31.7 Å². The molecule has 2 rings (SSSR count). The highest BCUT2D eigenvalue weighted by Gasteiger charge is 2.22. The summed E-state index contributed by atoms with van der Waals surface area (Å²) in [6, 6.07) is 5.21. The lowest BCUT2D eigenvalue weighted by molar-refractivity contribution is 0.0222. The van der Waals surface area contributed by atoms with Crippen molar-refractivity contribution >= 4 is 10.0 Å². The summed E-state index contributed by atoms with van der Waals surface area (Å²) < 4.78 is 36.8. The molecule has 1 fully saturated rings. The molecule has 0 aromatic heterocycles. The molecule has 0 spiro atoms. The molecule has 1 saturated carbocycles. The second-order valence-electron chi connectivity index (χ2n) is 4.04. The van der Waals surface area contributed by atoms with Crippen LogP contribution in [0.2, 0.25) is 0 Å². The number of rotatable bonds is 4. The van der Waals surface area contributed by atoms with Gasteiger partial charge in [-0.25, -0.2) is 12.8 Å². The van der Waals surface area contributed by atoms with Crippen LogP contribution in [0, 0.1) is 5.82 Å². The second kappa shape index (κ2) is 5.12. The molecule has 0 aliphatic heterocycles. The Morgan fingerprint density at radius 1 is 1.24 bits per heavy atom. The highest BCUT2D eigenvalue weighted by atomic mass is 32.2. The molecule has 94 valence electrons. The van der Waals surface area contributed by atoms with Gasteiger partial charge in [0.2, 0.25) is 0 Å². The summed E-state index contributed by atoms with van der Waals surface area (Å²) in [5.74, 6) is -0.782. The monoisotopic (exact) mass is 259 g/mol. The maximum atomic E-state index is 13.3. The fourth-order valence-corrected chi connectivity index (χ4v) is 2.78. The van der Waals surface area contributed by atoms with Crippen LogP contribution in [-0.2, 0) is 14.9 Å². The van der Waals surface area contributed by atoms with Crippen LogP contribution in [0.5, 0.6) is 0 Å². The molecule has 1 aliphatic rings. The fraction of sp³-hybridized carbons (Fsp3) is 0.455. The van der Waals surface area contributed by atoms with E-state index in [1.165, 1.54) is 18.2 Å². The van der Waals surface area contributed by atoms with Gasteiger partial charge in [-0.2, -0.15) is 0 Å². The van der Waals surface area contributed by atoms with Gasteiger partial charge < -0.3 is 0 Å². The van der Waals surface area contributed by atoms with E-state index in [1.807, 2.05) is 4.89 Å². The second-order valence-corrected chi connectivity index (χ2v) is 5.65. The number of nitrogens with one attached hydrogen (secondary N) is 1. The molecule has 0 unspecified atom stereocenters. The Bertz CT molecular complexity index is 483. The molecular formula is C11H14FNO3S. The average molecular weight is 259 g/mol. The molecule has 0 saturated heterocycles. The van der Waals surface area contributed by atoms with E-state index in [1.54, 1.807) is 0 Å². The summed E-state index contributed by atoms with van der Waals surface area (Å²) >= 11 is 0. The van der Waals surface area contributed by atoms with Gasteiger partial charge in [0.1, 0.15) is 10.7 Å². The lowest BCUT2D eigenvalue weighted by Crippen LogP contribution is -2.29. The number of hydrogen-bond donors (Lipinski definition) is 1. The first-order valence-electron chi connectivity index (χ1n) is 5.51. The van der Waals surface area contributed by atoms with Gasteiger partial charge in [0.05, 0.1) is 6.10 Å². The highest BCUT2D eigenvalue weighted by Crippen LogP contribution is 2.21. The lowest BCUT2D eigenvalue weighted by atomic mass is 10.3. The summed E-state index contributed by atoms with van der Waals surface area (Å²) in [7, 11) is -3.93. The molecular weight excluding hydrogens is 245 g/mol. The van der Waals surface area contributed by atoms with Crippen LogP contribution in [0.25, 0.3) is 0 Å². The van der Waals surface area contributed by atoms with Crippen molar-refractivity contribution in [2.24, 2.45) is 0 Å². The quantitative estimate of drug-likeness (QED) is 0.841. The molecule has 0 atom stereocenters.